The highest BCUT2D eigenvalue weighted by atomic mass is 32.1. The van der Waals surface area contributed by atoms with Gasteiger partial charge in [-0.15, -0.1) is 11.3 Å². The number of hydrogen-bond acceptors (Lipinski definition) is 4. The Kier molecular flexibility index (Phi) is 4.35. The first-order chi connectivity index (χ1) is 7.78. The molecule has 1 aliphatic heterocycles. The van der Waals surface area contributed by atoms with Crippen LogP contribution in [0.25, 0.3) is 0 Å². The summed E-state index contributed by atoms with van der Waals surface area (Å²) in [6.07, 6.45) is 2.74. The minimum atomic E-state index is -0.0828. The van der Waals surface area contributed by atoms with E-state index in [1.54, 1.807) is 0 Å². The predicted octanol–water partition coefficient (Wildman–Crippen LogP) is 1.94. The molecule has 0 spiro atoms. The Balaban J connectivity index is 1.79. The van der Waals surface area contributed by atoms with Crippen LogP contribution in [0.5, 0.6) is 0 Å². The summed E-state index contributed by atoms with van der Waals surface area (Å²) < 4.78 is 10.8. The van der Waals surface area contributed by atoms with Crippen LogP contribution in [0.1, 0.15) is 23.1 Å². The van der Waals surface area contributed by atoms with E-state index in [1.165, 1.54) is 9.75 Å². The van der Waals surface area contributed by atoms with Gasteiger partial charge in [-0.05, 0) is 25.0 Å². The van der Waals surface area contributed by atoms with Gasteiger partial charge in [-0.3, -0.25) is 0 Å². The van der Waals surface area contributed by atoms with Gasteiger partial charge in [0.1, 0.15) is 0 Å². The SMILES string of the molecule is CCc1ccc(CC(N)CC2OCCO2)s1. The van der Waals surface area contributed by atoms with Gasteiger partial charge in [0.15, 0.2) is 6.29 Å². The molecule has 1 aliphatic rings. The zero-order valence-corrected chi connectivity index (χ0v) is 10.5. The molecule has 1 aromatic rings. The first-order valence-corrected chi connectivity index (χ1v) is 6.66. The summed E-state index contributed by atoms with van der Waals surface area (Å²) in [5.41, 5.74) is 6.08. The predicted molar refractivity (Wildman–Crippen MR) is 65.7 cm³/mol. The van der Waals surface area contributed by atoms with Crippen LogP contribution in [-0.2, 0) is 22.3 Å². The topological polar surface area (TPSA) is 44.5 Å². The van der Waals surface area contributed by atoms with Gasteiger partial charge in [0.2, 0.25) is 0 Å². The fourth-order valence-electron chi connectivity index (χ4n) is 1.85. The summed E-state index contributed by atoms with van der Waals surface area (Å²) in [5.74, 6) is 0. The van der Waals surface area contributed by atoms with Gasteiger partial charge in [-0.25, -0.2) is 0 Å². The number of hydrogen-bond donors (Lipinski definition) is 1. The molecule has 0 amide bonds. The van der Waals surface area contributed by atoms with E-state index in [0.717, 1.165) is 19.3 Å². The van der Waals surface area contributed by atoms with Gasteiger partial charge in [0, 0.05) is 22.2 Å². The van der Waals surface area contributed by atoms with Crippen LogP contribution >= 0.6 is 11.3 Å². The van der Waals surface area contributed by atoms with Gasteiger partial charge < -0.3 is 15.2 Å². The van der Waals surface area contributed by atoms with Gasteiger partial charge in [0.25, 0.3) is 0 Å². The fourth-order valence-corrected chi connectivity index (χ4v) is 2.90. The van der Waals surface area contributed by atoms with E-state index >= 15 is 0 Å². The number of rotatable bonds is 5. The summed E-state index contributed by atoms with van der Waals surface area (Å²) in [7, 11) is 0. The Morgan fingerprint density at radius 2 is 2.06 bits per heavy atom. The second kappa shape index (κ2) is 5.77. The maximum Gasteiger partial charge on any atom is 0.159 e. The lowest BCUT2D eigenvalue weighted by atomic mass is 10.1. The lowest BCUT2D eigenvalue weighted by Crippen LogP contribution is -2.28. The molecule has 0 aliphatic carbocycles. The van der Waals surface area contributed by atoms with E-state index < -0.39 is 0 Å². The molecule has 90 valence electrons. The third kappa shape index (κ3) is 3.28. The molecular formula is C12H19NO2S. The smallest absolute Gasteiger partial charge is 0.159 e. The standard InChI is InChI=1S/C12H19NO2S/c1-2-10-3-4-11(16-10)7-9(13)8-12-14-5-6-15-12/h3-4,9,12H,2,5-8,13H2,1H3. The lowest BCUT2D eigenvalue weighted by Gasteiger charge is -2.14. The minimum Gasteiger partial charge on any atom is -0.350 e. The van der Waals surface area contributed by atoms with Crippen molar-refractivity contribution in [1.29, 1.82) is 0 Å². The quantitative estimate of drug-likeness (QED) is 0.857. The highest BCUT2D eigenvalue weighted by Gasteiger charge is 2.19. The number of thiophene rings is 1. The van der Waals surface area contributed by atoms with Crippen molar-refractivity contribution in [2.45, 2.75) is 38.5 Å². The van der Waals surface area contributed by atoms with E-state index in [0.29, 0.717) is 13.2 Å². The maximum atomic E-state index is 6.08. The van der Waals surface area contributed by atoms with E-state index in [1.807, 2.05) is 11.3 Å². The number of aryl methyl sites for hydroxylation is 1. The first kappa shape index (κ1) is 12.0. The largest absolute Gasteiger partial charge is 0.350 e. The summed E-state index contributed by atoms with van der Waals surface area (Å²) in [4.78, 5) is 2.79. The Morgan fingerprint density at radius 3 is 2.69 bits per heavy atom. The van der Waals surface area contributed by atoms with Crippen molar-refractivity contribution >= 4 is 11.3 Å². The summed E-state index contributed by atoms with van der Waals surface area (Å²) >= 11 is 1.86. The van der Waals surface area contributed by atoms with Gasteiger partial charge in [-0.2, -0.15) is 0 Å². The summed E-state index contributed by atoms with van der Waals surface area (Å²) in [6, 6.07) is 4.50. The molecule has 1 unspecified atom stereocenters. The van der Waals surface area contributed by atoms with Crippen molar-refractivity contribution in [1.82, 2.24) is 0 Å². The fraction of sp³-hybridized carbons (Fsp3) is 0.667. The summed E-state index contributed by atoms with van der Waals surface area (Å²) in [5, 5.41) is 0. The van der Waals surface area contributed by atoms with Crippen LogP contribution in [0, 0.1) is 0 Å². The number of ether oxygens (including phenoxy) is 2. The monoisotopic (exact) mass is 241 g/mol. The molecule has 2 heterocycles. The van der Waals surface area contributed by atoms with Crippen molar-refractivity contribution < 1.29 is 9.47 Å². The minimum absolute atomic E-state index is 0.0828. The van der Waals surface area contributed by atoms with Crippen molar-refractivity contribution in [3.05, 3.63) is 21.9 Å². The van der Waals surface area contributed by atoms with Crippen LogP contribution in [0.3, 0.4) is 0 Å². The highest BCUT2D eigenvalue weighted by Crippen LogP contribution is 2.20. The highest BCUT2D eigenvalue weighted by molar-refractivity contribution is 7.11. The van der Waals surface area contributed by atoms with Crippen LogP contribution in [0.2, 0.25) is 0 Å². The molecule has 0 saturated carbocycles. The number of nitrogens with two attached hydrogens (primary N) is 1. The molecule has 2 rings (SSSR count). The second-order valence-electron chi connectivity index (χ2n) is 4.09. The van der Waals surface area contributed by atoms with Crippen molar-refractivity contribution in [2.24, 2.45) is 5.73 Å². The van der Waals surface area contributed by atoms with Crippen molar-refractivity contribution in [3.63, 3.8) is 0 Å². The molecule has 1 aromatic heterocycles. The van der Waals surface area contributed by atoms with Gasteiger partial charge in [0.05, 0.1) is 13.2 Å². The molecule has 1 atom stereocenters. The van der Waals surface area contributed by atoms with E-state index in [4.69, 9.17) is 15.2 Å². The zero-order chi connectivity index (χ0) is 11.4. The molecule has 16 heavy (non-hydrogen) atoms. The lowest BCUT2D eigenvalue weighted by molar-refractivity contribution is -0.0504. The van der Waals surface area contributed by atoms with E-state index in [9.17, 15) is 0 Å². The molecule has 0 bridgehead atoms. The summed E-state index contributed by atoms with van der Waals surface area (Å²) in [6.45, 7) is 3.59. The van der Waals surface area contributed by atoms with E-state index in [2.05, 4.69) is 19.1 Å². The Hall–Kier alpha value is -0.420. The maximum absolute atomic E-state index is 6.08. The molecule has 4 heteroatoms. The molecule has 1 fully saturated rings. The Morgan fingerprint density at radius 1 is 1.38 bits per heavy atom. The Bertz CT molecular complexity index is 321. The first-order valence-electron chi connectivity index (χ1n) is 5.84. The van der Waals surface area contributed by atoms with Crippen LogP contribution in [0.15, 0.2) is 12.1 Å². The third-order valence-corrected chi connectivity index (χ3v) is 3.97. The molecule has 3 nitrogen and oxygen atoms in total. The van der Waals surface area contributed by atoms with Gasteiger partial charge >= 0.3 is 0 Å². The zero-order valence-electron chi connectivity index (χ0n) is 9.65. The van der Waals surface area contributed by atoms with Crippen molar-refractivity contribution in [2.75, 3.05) is 13.2 Å². The molecular weight excluding hydrogens is 222 g/mol. The normalized spacial score (nSPS) is 19.1. The average molecular weight is 241 g/mol. The van der Waals surface area contributed by atoms with Gasteiger partial charge in [-0.1, -0.05) is 6.92 Å². The average Bonchev–Trinajstić information content (AvgIpc) is 2.89. The van der Waals surface area contributed by atoms with E-state index in [-0.39, 0.29) is 12.3 Å². The third-order valence-electron chi connectivity index (χ3n) is 2.72. The Labute approximate surface area is 101 Å². The second-order valence-corrected chi connectivity index (χ2v) is 5.35. The van der Waals surface area contributed by atoms with Crippen LogP contribution < -0.4 is 5.73 Å². The molecule has 2 N–H and O–H groups in total. The van der Waals surface area contributed by atoms with Crippen LogP contribution in [0.4, 0.5) is 0 Å². The molecule has 0 radical (unpaired) electrons. The molecule has 0 aromatic carbocycles. The van der Waals surface area contributed by atoms with Crippen LogP contribution in [-0.4, -0.2) is 25.5 Å². The van der Waals surface area contributed by atoms with Crippen molar-refractivity contribution in [3.8, 4) is 0 Å². The molecule has 1 saturated heterocycles.